The van der Waals surface area contributed by atoms with Crippen molar-refractivity contribution in [3.05, 3.63) is 59.5 Å². The molecule has 3 aliphatic rings. The lowest BCUT2D eigenvalue weighted by molar-refractivity contribution is -0.279. The van der Waals surface area contributed by atoms with Crippen molar-refractivity contribution >= 4 is 10.9 Å². The minimum Gasteiger partial charge on any atom is -0.380 e. The van der Waals surface area contributed by atoms with Crippen LogP contribution in [-0.4, -0.2) is 26.7 Å². The van der Waals surface area contributed by atoms with Crippen LogP contribution >= 0.6 is 0 Å². The van der Waals surface area contributed by atoms with Crippen molar-refractivity contribution in [3.63, 3.8) is 0 Å². The van der Waals surface area contributed by atoms with Crippen molar-refractivity contribution < 1.29 is 22.7 Å². The summed E-state index contributed by atoms with van der Waals surface area (Å²) in [5.41, 5.74) is 1.13. The quantitative estimate of drug-likeness (QED) is 0.377. The molecule has 3 aromatic rings. The molecule has 1 aromatic heterocycles. The minimum absolute atomic E-state index is 0.226. The molecule has 0 saturated heterocycles. The Labute approximate surface area is 208 Å². The highest BCUT2D eigenvalue weighted by Crippen LogP contribution is 2.60. The first-order valence-electron chi connectivity index (χ1n) is 13.2. The molecule has 6 rings (SSSR count). The molecule has 1 N–H and O–H groups in total. The molecule has 4 atom stereocenters. The van der Waals surface area contributed by atoms with E-state index in [4.69, 9.17) is 0 Å². The minimum atomic E-state index is -4.62. The molecule has 4 unspecified atom stereocenters. The monoisotopic (exact) mass is 500 g/mol. The van der Waals surface area contributed by atoms with Crippen LogP contribution in [0.3, 0.4) is 0 Å². The number of nitrogens with zero attached hydrogens (tertiary/aromatic N) is 2. The predicted molar refractivity (Wildman–Crippen MR) is 131 cm³/mol. The van der Waals surface area contributed by atoms with Gasteiger partial charge in [0.25, 0.3) is 0 Å². The number of fused-ring (bicyclic) bond motifs is 4. The van der Waals surface area contributed by atoms with E-state index in [-0.39, 0.29) is 24.6 Å². The number of aromatic nitrogens is 2. The molecule has 2 fully saturated rings. The maximum Gasteiger partial charge on any atom is 0.417 e. The number of benzene rings is 2. The van der Waals surface area contributed by atoms with Gasteiger partial charge in [-0.3, -0.25) is 0 Å². The maximum atomic E-state index is 13.9. The Morgan fingerprint density at radius 3 is 2.44 bits per heavy atom. The van der Waals surface area contributed by atoms with Gasteiger partial charge in [0.05, 0.1) is 17.4 Å². The Morgan fingerprint density at radius 2 is 1.81 bits per heavy atom. The first-order chi connectivity index (χ1) is 17.1. The summed E-state index contributed by atoms with van der Waals surface area (Å²) in [4.78, 5) is 0. The van der Waals surface area contributed by atoms with Crippen LogP contribution in [0.2, 0.25) is 0 Å². The van der Waals surface area contributed by atoms with Gasteiger partial charge in [-0.1, -0.05) is 13.3 Å². The van der Waals surface area contributed by atoms with Crippen LogP contribution in [0.15, 0.2) is 42.6 Å². The molecule has 192 valence electrons. The van der Waals surface area contributed by atoms with Gasteiger partial charge in [0.1, 0.15) is 5.82 Å². The van der Waals surface area contributed by atoms with Crippen LogP contribution in [0.25, 0.3) is 16.6 Å². The molecular formula is C29H32F4N2O. The van der Waals surface area contributed by atoms with Gasteiger partial charge in [0.15, 0.2) is 5.60 Å². The molecular weight excluding hydrogens is 468 g/mol. The van der Waals surface area contributed by atoms with Crippen molar-refractivity contribution in [2.75, 3.05) is 0 Å². The Balaban J connectivity index is 1.52. The summed E-state index contributed by atoms with van der Waals surface area (Å²) in [6.07, 6.45) is 2.80. The molecule has 1 heterocycles. The van der Waals surface area contributed by atoms with E-state index in [2.05, 4.69) is 24.2 Å². The smallest absolute Gasteiger partial charge is 0.380 e. The molecule has 2 saturated carbocycles. The summed E-state index contributed by atoms with van der Waals surface area (Å²) in [6.45, 7) is 2.09. The van der Waals surface area contributed by atoms with Crippen molar-refractivity contribution in [1.82, 2.24) is 9.78 Å². The molecule has 0 aliphatic heterocycles. The summed E-state index contributed by atoms with van der Waals surface area (Å²) in [5.74, 6) is 0.305. The zero-order valence-corrected chi connectivity index (χ0v) is 20.5. The molecule has 0 radical (unpaired) electrons. The first kappa shape index (κ1) is 24.0. The van der Waals surface area contributed by atoms with Crippen LogP contribution in [0.5, 0.6) is 0 Å². The number of rotatable bonds is 3. The Kier molecular flexibility index (Phi) is 5.52. The summed E-state index contributed by atoms with van der Waals surface area (Å²) in [5, 5.41) is 16.2. The predicted octanol–water partition coefficient (Wildman–Crippen LogP) is 7.58. The van der Waals surface area contributed by atoms with Crippen molar-refractivity contribution in [2.24, 2.45) is 11.8 Å². The van der Waals surface area contributed by atoms with E-state index in [0.717, 1.165) is 42.3 Å². The van der Waals surface area contributed by atoms with Gasteiger partial charge in [-0.25, -0.2) is 9.07 Å². The highest BCUT2D eigenvalue weighted by atomic mass is 19.4. The average Bonchev–Trinajstić information content (AvgIpc) is 3.17. The van der Waals surface area contributed by atoms with Gasteiger partial charge >= 0.3 is 6.18 Å². The lowest BCUT2D eigenvalue weighted by Crippen LogP contribution is -2.54. The Bertz CT molecular complexity index is 1280. The number of hydrogen-bond acceptors (Lipinski definition) is 2. The lowest BCUT2D eigenvalue weighted by Gasteiger charge is -2.50. The number of aliphatic hydroxyl groups is 1. The van der Waals surface area contributed by atoms with E-state index in [9.17, 15) is 22.7 Å². The van der Waals surface area contributed by atoms with Crippen molar-refractivity contribution in [2.45, 2.75) is 87.8 Å². The summed E-state index contributed by atoms with van der Waals surface area (Å²) < 4.78 is 57.1. The highest BCUT2D eigenvalue weighted by molar-refractivity contribution is 5.83. The standard InChI is InChI=1S/C29H32F4N2O/c1-2-27-12-13-28(36,29(31,32)33)16-20(27)6-11-23(18-4-3-5-18)24-15-26-19(14-25(24)27)17-34-35(26)22-9-7-21(30)8-10-22/h7-10,14-15,17-18,20,23,36H,2-6,11-13,16H2,1H3. The SMILES string of the molecule is CCC12CCC(O)(C(F)(F)F)CC1CCC(C1CCC1)c1cc3c(cnn3-c3ccc(F)cc3)cc12. The van der Waals surface area contributed by atoms with E-state index < -0.39 is 17.2 Å². The van der Waals surface area contributed by atoms with Crippen LogP contribution in [-0.2, 0) is 5.41 Å². The van der Waals surface area contributed by atoms with E-state index >= 15 is 0 Å². The maximum absolute atomic E-state index is 13.9. The van der Waals surface area contributed by atoms with Crippen LogP contribution in [0.4, 0.5) is 17.6 Å². The fraction of sp³-hybridized carbons (Fsp3) is 0.552. The Morgan fingerprint density at radius 1 is 1.06 bits per heavy atom. The average molecular weight is 501 g/mol. The number of alkyl halides is 3. The van der Waals surface area contributed by atoms with Gasteiger partial charge in [-0.15, -0.1) is 0 Å². The van der Waals surface area contributed by atoms with Crippen LogP contribution < -0.4 is 0 Å². The van der Waals surface area contributed by atoms with Crippen LogP contribution in [0.1, 0.15) is 81.8 Å². The molecule has 0 bridgehead atoms. The number of hydrogen-bond donors (Lipinski definition) is 1. The van der Waals surface area contributed by atoms with Gasteiger partial charge in [0.2, 0.25) is 0 Å². The van der Waals surface area contributed by atoms with Gasteiger partial charge in [-0.2, -0.15) is 18.3 Å². The fourth-order valence-corrected chi connectivity index (χ4v) is 7.47. The van der Waals surface area contributed by atoms with Crippen molar-refractivity contribution in [1.29, 1.82) is 0 Å². The molecule has 3 aliphatic carbocycles. The second-order valence-corrected chi connectivity index (χ2v) is 11.3. The lowest BCUT2D eigenvalue weighted by atomic mass is 9.56. The zero-order valence-electron chi connectivity index (χ0n) is 20.5. The van der Waals surface area contributed by atoms with Crippen molar-refractivity contribution in [3.8, 4) is 5.69 Å². The zero-order chi connectivity index (χ0) is 25.3. The van der Waals surface area contributed by atoms with E-state index in [1.54, 1.807) is 18.3 Å². The Hall–Kier alpha value is -2.41. The molecule has 36 heavy (non-hydrogen) atoms. The van der Waals surface area contributed by atoms with Crippen LogP contribution in [0, 0.1) is 17.7 Å². The molecule has 0 amide bonds. The number of halogens is 4. The molecule has 7 heteroatoms. The first-order valence-corrected chi connectivity index (χ1v) is 13.2. The third-order valence-electron chi connectivity index (χ3n) is 9.80. The second-order valence-electron chi connectivity index (χ2n) is 11.3. The fourth-order valence-electron chi connectivity index (χ4n) is 7.47. The van der Waals surface area contributed by atoms with Gasteiger partial charge in [-0.05, 0) is 122 Å². The largest absolute Gasteiger partial charge is 0.417 e. The third kappa shape index (κ3) is 3.52. The van der Waals surface area contributed by atoms with E-state index in [0.29, 0.717) is 24.7 Å². The molecule has 2 aromatic carbocycles. The normalized spacial score (nSPS) is 30.9. The highest BCUT2D eigenvalue weighted by Gasteiger charge is 2.61. The van der Waals surface area contributed by atoms with Gasteiger partial charge < -0.3 is 5.11 Å². The summed E-state index contributed by atoms with van der Waals surface area (Å²) in [6, 6.07) is 10.6. The molecule has 0 spiro atoms. The summed E-state index contributed by atoms with van der Waals surface area (Å²) in [7, 11) is 0. The second kappa shape index (κ2) is 8.30. The topological polar surface area (TPSA) is 38.1 Å². The van der Waals surface area contributed by atoms with E-state index in [1.807, 2.05) is 4.68 Å². The van der Waals surface area contributed by atoms with Gasteiger partial charge in [0, 0.05) is 5.39 Å². The van der Waals surface area contributed by atoms with E-state index in [1.165, 1.54) is 29.7 Å². The third-order valence-corrected chi connectivity index (χ3v) is 9.80. The summed E-state index contributed by atoms with van der Waals surface area (Å²) >= 11 is 0. The molecule has 3 nitrogen and oxygen atoms in total.